The number of nitrogens with one attached hydrogen (secondary N) is 1. The molecule has 2 amide bonds. The van der Waals surface area contributed by atoms with Crippen LogP contribution in [0.4, 0.5) is 4.79 Å². The number of carbonyl (C=O) groups is 1. The topological polar surface area (TPSA) is 85.7 Å². The number of fused-ring (bicyclic) bond motifs is 1. The van der Waals surface area contributed by atoms with Crippen molar-refractivity contribution in [3.63, 3.8) is 0 Å². The molecule has 6 nitrogen and oxygen atoms in total. The first kappa shape index (κ1) is 22.8. The maximum Gasteiger partial charge on any atom is 0.318 e. The van der Waals surface area contributed by atoms with Crippen LogP contribution in [0, 0.1) is 5.92 Å². The molecule has 2 aromatic rings. The van der Waals surface area contributed by atoms with Crippen molar-refractivity contribution in [1.29, 1.82) is 0 Å². The van der Waals surface area contributed by atoms with Crippen molar-refractivity contribution in [3.05, 3.63) is 62.9 Å². The Labute approximate surface area is 186 Å². The third kappa shape index (κ3) is 5.64. The minimum atomic E-state index is -0.364. The minimum absolute atomic E-state index is 0.0634. The maximum atomic E-state index is 13.0. The molecule has 1 aromatic heterocycles. The lowest BCUT2D eigenvalue weighted by atomic mass is 9.98. The van der Waals surface area contributed by atoms with E-state index in [-0.39, 0.29) is 31.2 Å². The number of pyridine rings is 1. The first-order valence-electron chi connectivity index (χ1n) is 10.1. The molecule has 30 heavy (non-hydrogen) atoms. The van der Waals surface area contributed by atoms with E-state index in [1.807, 2.05) is 19.2 Å². The number of amides is 2. The molecule has 2 atom stereocenters. The fraction of sp³-hybridized carbons (Fsp3) is 0.455. The second-order valence-electron chi connectivity index (χ2n) is 7.80. The zero-order chi connectivity index (χ0) is 21.7. The fourth-order valence-electron chi connectivity index (χ4n) is 3.61. The molecule has 1 aliphatic heterocycles. The van der Waals surface area contributed by atoms with Gasteiger partial charge < -0.3 is 20.4 Å². The quantitative estimate of drug-likeness (QED) is 0.598. The van der Waals surface area contributed by atoms with Crippen LogP contribution >= 0.6 is 23.2 Å². The summed E-state index contributed by atoms with van der Waals surface area (Å²) in [5.74, 6) is 0.143. The molecule has 1 aliphatic rings. The highest BCUT2D eigenvalue weighted by atomic mass is 35.5. The Kier molecular flexibility index (Phi) is 7.94. The van der Waals surface area contributed by atoms with E-state index in [0.29, 0.717) is 36.0 Å². The average Bonchev–Trinajstić information content (AvgIpc) is 2.74. The number of rotatable bonds is 7. The normalized spacial score (nSPS) is 15.4. The van der Waals surface area contributed by atoms with Crippen LogP contribution in [-0.4, -0.2) is 45.9 Å². The molecule has 0 radical (unpaired) electrons. The Morgan fingerprint density at radius 1 is 1.23 bits per heavy atom. The van der Waals surface area contributed by atoms with Gasteiger partial charge in [-0.3, -0.25) is 4.98 Å². The van der Waals surface area contributed by atoms with Gasteiger partial charge in [0.05, 0.1) is 16.1 Å². The molecule has 0 aliphatic carbocycles. The Morgan fingerprint density at radius 2 is 2.03 bits per heavy atom. The van der Waals surface area contributed by atoms with Crippen LogP contribution in [0.25, 0.3) is 0 Å². The third-order valence-corrected chi connectivity index (χ3v) is 6.11. The lowest BCUT2D eigenvalue weighted by Gasteiger charge is -2.31. The van der Waals surface area contributed by atoms with Gasteiger partial charge in [-0.1, -0.05) is 36.2 Å². The van der Waals surface area contributed by atoms with Crippen LogP contribution in [0.3, 0.4) is 0 Å². The second-order valence-corrected chi connectivity index (χ2v) is 8.61. The lowest BCUT2D eigenvalue weighted by Crippen LogP contribution is -2.44. The number of aliphatic hydroxyl groups is 2. The number of carbonyl (C=O) groups excluding carboxylic acids is 1. The van der Waals surface area contributed by atoms with Crippen molar-refractivity contribution in [2.75, 3.05) is 19.8 Å². The second kappa shape index (κ2) is 10.4. The molecule has 0 saturated carbocycles. The van der Waals surface area contributed by atoms with Gasteiger partial charge in [0, 0.05) is 38.2 Å². The Morgan fingerprint density at radius 3 is 2.73 bits per heavy atom. The van der Waals surface area contributed by atoms with Crippen molar-refractivity contribution >= 4 is 29.2 Å². The number of hydrogen-bond donors (Lipinski definition) is 3. The smallest absolute Gasteiger partial charge is 0.318 e. The standard InChI is InChI=1S/C22H27Cl2N3O3/c1-14(13-29)8-18-9-17-12-27(6-4-16(17)11-25-18)22(30)26-21(5-7-28)15-2-3-19(23)20(24)10-15/h2-3,9-11,14,21,28-29H,4-8,12-13H2,1H3,(H,26,30)/t14-,21?/m1/s1. The van der Waals surface area contributed by atoms with E-state index in [9.17, 15) is 15.0 Å². The Hall–Kier alpha value is -1.86. The van der Waals surface area contributed by atoms with E-state index in [2.05, 4.69) is 10.3 Å². The number of urea groups is 1. The number of halogens is 2. The molecule has 0 saturated heterocycles. The number of hydrogen-bond acceptors (Lipinski definition) is 4. The van der Waals surface area contributed by atoms with Gasteiger partial charge in [0.25, 0.3) is 0 Å². The molecule has 1 aromatic carbocycles. The first-order chi connectivity index (χ1) is 14.4. The van der Waals surface area contributed by atoms with Crippen LogP contribution < -0.4 is 5.32 Å². The summed E-state index contributed by atoms with van der Waals surface area (Å²) < 4.78 is 0. The molecule has 3 rings (SSSR count). The van der Waals surface area contributed by atoms with E-state index in [4.69, 9.17) is 23.2 Å². The summed E-state index contributed by atoms with van der Waals surface area (Å²) in [6, 6.07) is 6.70. The molecule has 162 valence electrons. The van der Waals surface area contributed by atoms with Crippen molar-refractivity contribution < 1.29 is 15.0 Å². The number of aliphatic hydroxyl groups excluding tert-OH is 2. The molecular formula is C22H27Cl2N3O3. The van der Waals surface area contributed by atoms with Crippen molar-refractivity contribution in [3.8, 4) is 0 Å². The largest absolute Gasteiger partial charge is 0.396 e. The summed E-state index contributed by atoms with van der Waals surface area (Å²) in [6.45, 7) is 3.13. The highest BCUT2D eigenvalue weighted by Crippen LogP contribution is 2.27. The van der Waals surface area contributed by atoms with Crippen molar-refractivity contribution in [2.24, 2.45) is 5.92 Å². The summed E-state index contributed by atoms with van der Waals surface area (Å²) in [5, 5.41) is 22.6. The molecule has 8 heteroatoms. The molecule has 1 unspecified atom stereocenters. The van der Waals surface area contributed by atoms with E-state index >= 15 is 0 Å². The van der Waals surface area contributed by atoms with Crippen LogP contribution in [-0.2, 0) is 19.4 Å². The molecular weight excluding hydrogens is 425 g/mol. The summed E-state index contributed by atoms with van der Waals surface area (Å²) in [6.07, 6.45) is 3.70. The van der Waals surface area contributed by atoms with Crippen LogP contribution in [0.1, 0.15) is 41.8 Å². The summed E-state index contributed by atoms with van der Waals surface area (Å²) in [7, 11) is 0. The van der Waals surface area contributed by atoms with E-state index in [1.165, 1.54) is 0 Å². The number of benzene rings is 1. The predicted octanol–water partition coefficient (Wildman–Crippen LogP) is 3.75. The summed E-state index contributed by atoms with van der Waals surface area (Å²) in [4.78, 5) is 19.2. The van der Waals surface area contributed by atoms with Gasteiger partial charge in [-0.05, 0) is 60.1 Å². The molecule has 0 fully saturated rings. The van der Waals surface area contributed by atoms with Crippen LogP contribution in [0.15, 0.2) is 30.5 Å². The van der Waals surface area contributed by atoms with Gasteiger partial charge in [-0.25, -0.2) is 4.79 Å². The fourth-order valence-corrected chi connectivity index (χ4v) is 3.92. The zero-order valence-electron chi connectivity index (χ0n) is 16.9. The SMILES string of the molecule is C[C@@H](CO)Cc1cc2c(cn1)CCN(C(=O)NC(CCO)c1ccc(Cl)c(Cl)c1)C2. The Bertz CT molecular complexity index is 894. The average molecular weight is 452 g/mol. The monoisotopic (exact) mass is 451 g/mol. The first-order valence-corrected chi connectivity index (χ1v) is 10.9. The number of nitrogens with zero attached hydrogens (tertiary/aromatic N) is 2. The van der Waals surface area contributed by atoms with Crippen LogP contribution in [0.2, 0.25) is 10.0 Å². The molecule has 3 N–H and O–H groups in total. The van der Waals surface area contributed by atoms with Gasteiger partial charge >= 0.3 is 6.03 Å². The van der Waals surface area contributed by atoms with E-state index < -0.39 is 0 Å². The molecule has 2 heterocycles. The Balaban J connectivity index is 1.70. The van der Waals surface area contributed by atoms with E-state index in [0.717, 1.165) is 28.8 Å². The van der Waals surface area contributed by atoms with Gasteiger partial charge in [-0.2, -0.15) is 0 Å². The van der Waals surface area contributed by atoms with E-state index in [1.54, 1.807) is 23.1 Å². The summed E-state index contributed by atoms with van der Waals surface area (Å²) >= 11 is 12.1. The highest BCUT2D eigenvalue weighted by Gasteiger charge is 2.24. The van der Waals surface area contributed by atoms with Gasteiger partial charge in [0.1, 0.15) is 0 Å². The minimum Gasteiger partial charge on any atom is -0.396 e. The lowest BCUT2D eigenvalue weighted by molar-refractivity contribution is 0.184. The predicted molar refractivity (Wildman–Crippen MR) is 118 cm³/mol. The summed E-state index contributed by atoms with van der Waals surface area (Å²) in [5.41, 5.74) is 3.95. The molecule has 0 bridgehead atoms. The van der Waals surface area contributed by atoms with Gasteiger partial charge in [-0.15, -0.1) is 0 Å². The third-order valence-electron chi connectivity index (χ3n) is 5.37. The van der Waals surface area contributed by atoms with Crippen LogP contribution in [0.5, 0.6) is 0 Å². The van der Waals surface area contributed by atoms with Crippen molar-refractivity contribution in [2.45, 2.75) is 38.8 Å². The van der Waals surface area contributed by atoms with Gasteiger partial charge in [0.2, 0.25) is 0 Å². The maximum absolute atomic E-state index is 13.0. The highest BCUT2D eigenvalue weighted by molar-refractivity contribution is 6.42. The molecule has 0 spiro atoms. The van der Waals surface area contributed by atoms with Crippen molar-refractivity contribution in [1.82, 2.24) is 15.2 Å². The van der Waals surface area contributed by atoms with Gasteiger partial charge in [0.15, 0.2) is 0 Å². The number of aromatic nitrogens is 1. The zero-order valence-corrected chi connectivity index (χ0v) is 18.5.